The first-order valence-corrected chi connectivity index (χ1v) is 8.48. The normalized spacial score (nSPS) is 10.8. The molecule has 1 heterocycles. The summed E-state index contributed by atoms with van der Waals surface area (Å²) in [5.41, 5.74) is 0.533. The van der Waals surface area contributed by atoms with E-state index in [0.29, 0.717) is 17.0 Å². The number of nitriles is 1. The zero-order valence-corrected chi connectivity index (χ0v) is 15.2. The van der Waals surface area contributed by atoms with Crippen LogP contribution < -0.4 is 5.32 Å². The SMILES string of the molecule is N#C/C(=C\c1ccc(-c2cccc([N+](=O)[O-])c2)o1)C(=O)Nc1ccc(C(=O)O)cc1. The molecule has 0 aliphatic carbocycles. The second kappa shape index (κ2) is 8.53. The Hall–Kier alpha value is -4.71. The Morgan fingerprint density at radius 2 is 1.87 bits per heavy atom. The Labute approximate surface area is 169 Å². The van der Waals surface area contributed by atoms with E-state index < -0.39 is 16.8 Å². The molecule has 0 spiro atoms. The second-order valence-electron chi connectivity index (χ2n) is 6.02. The Kier molecular flexibility index (Phi) is 5.70. The third-order valence-corrected chi connectivity index (χ3v) is 4.01. The van der Waals surface area contributed by atoms with Crippen LogP contribution in [0.4, 0.5) is 11.4 Å². The molecule has 1 aromatic heterocycles. The summed E-state index contributed by atoms with van der Waals surface area (Å²) in [6, 6.07) is 16.2. The molecular formula is C21H13N3O6. The van der Waals surface area contributed by atoms with E-state index >= 15 is 0 Å². The van der Waals surface area contributed by atoms with Crippen LogP contribution in [0.2, 0.25) is 0 Å². The number of aromatic carboxylic acids is 1. The maximum atomic E-state index is 12.3. The molecule has 3 aromatic rings. The van der Waals surface area contributed by atoms with Crippen molar-refractivity contribution in [3.8, 4) is 17.4 Å². The first-order valence-electron chi connectivity index (χ1n) is 8.48. The van der Waals surface area contributed by atoms with E-state index in [1.54, 1.807) is 18.2 Å². The van der Waals surface area contributed by atoms with Crippen LogP contribution in [0.5, 0.6) is 0 Å². The van der Waals surface area contributed by atoms with Crippen LogP contribution >= 0.6 is 0 Å². The van der Waals surface area contributed by atoms with Crippen molar-refractivity contribution in [2.45, 2.75) is 0 Å². The number of carboxylic acid groups (broad SMARTS) is 1. The van der Waals surface area contributed by atoms with Crippen LogP contribution in [0.3, 0.4) is 0 Å². The van der Waals surface area contributed by atoms with Gasteiger partial charge in [-0.1, -0.05) is 12.1 Å². The zero-order valence-electron chi connectivity index (χ0n) is 15.2. The van der Waals surface area contributed by atoms with E-state index in [0.717, 1.165) is 0 Å². The molecule has 2 aromatic carbocycles. The Balaban J connectivity index is 1.78. The molecule has 0 atom stereocenters. The zero-order chi connectivity index (χ0) is 21.7. The lowest BCUT2D eigenvalue weighted by Crippen LogP contribution is -2.13. The van der Waals surface area contributed by atoms with Crippen molar-refractivity contribution >= 4 is 29.3 Å². The number of carbonyl (C=O) groups excluding carboxylic acids is 1. The fourth-order valence-electron chi connectivity index (χ4n) is 2.54. The number of amides is 1. The first-order chi connectivity index (χ1) is 14.4. The largest absolute Gasteiger partial charge is 0.478 e. The van der Waals surface area contributed by atoms with Crippen molar-refractivity contribution in [3.05, 3.63) is 87.7 Å². The summed E-state index contributed by atoms with van der Waals surface area (Å²) in [4.78, 5) is 33.6. The topological polar surface area (TPSA) is 146 Å². The highest BCUT2D eigenvalue weighted by atomic mass is 16.6. The Bertz CT molecular complexity index is 1200. The maximum absolute atomic E-state index is 12.3. The molecule has 1 amide bonds. The number of carbonyl (C=O) groups is 2. The van der Waals surface area contributed by atoms with E-state index in [9.17, 15) is 25.0 Å². The molecule has 0 saturated carbocycles. The summed E-state index contributed by atoms with van der Waals surface area (Å²) in [5.74, 6) is -1.24. The highest BCUT2D eigenvalue weighted by molar-refractivity contribution is 6.09. The lowest BCUT2D eigenvalue weighted by Gasteiger charge is -2.04. The van der Waals surface area contributed by atoms with Gasteiger partial charge in [-0.3, -0.25) is 14.9 Å². The van der Waals surface area contributed by atoms with Gasteiger partial charge in [-0.15, -0.1) is 0 Å². The molecule has 9 nitrogen and oxygen atoms in total. The van der Waals surface area contributed by atoms with Crippen molar-refractivity contribution in [1.82, 2.24) is 0 Å². The summed E-state index contributed by atoms with van der Waals surface area (Å²) >= 11 is 0. The number of hydrogen-bond donors (Lipinski definition) is 2. The highest BCUT2D eigenvalue weighted by Gasteiger charge is 2.13. The van der Waals surface area contributed by atoms with Gasteiger partial charge in [0, 0.05) is 29.5 Å². The molecule has 2 N–H and O–H groups in total. The number of benzene rings is 2. The third-order valence-electron chi connectivity index (χ3n) is 4.01. The maximum Gasteiger partial charge on any atom is 0.335 e. The number of non-ortho nitro benzene ring substituents is 1. The molecule has 0 radical (unpaired) electrons. The summed E-state index contributed by atoms with van der Waals surface area (Å²) < 4.78 is 5.58. The summed E-state index contributed by atoms with van der Waals surface area (Å²) in [7, 11) is 0. The van der Waals surface area contributed by atoms with Gasteiger partial charge in [-0.2, -0.15) is 5.26 Å². The number of hydrogen-bond acceptors (Lipinski definition) is 6. The minimum absolute atomic E-state index is 0.0633. The smallest absolute Gasteiger partial charge is 0.335 e. The number of anilines is 1. The number of furan rings is 1. The number of carboxylic acids is 1. The monoisotopic (exact) mass is 403 g/mol. The van der Waals surface area contributed by atoms with Gasteiger partial charge >= 0.3 is 5.97 Å². The van der Waals surface area contributed by atoms with E-state index in [2.05, 4.69) is 5.32 Å². The lowest BCUT2D eigenvalue weighted by molar-refractivity contribution is -0.384. The van der Waals surface area contributed by atoms with Crippen molar-refractivity contribution in [2.75, 3.05) is 5.32 Å². The van der Waals surface area contributed by atoms with Crippen LogP contribution in [0.15, 0.2) is 70.7 Å². The van der Waals surface area contributed by atoms with Crippen molar-refractivity contribution < 1.29 is 24.0 Å². The minimum atomic E-state index is -1.09. The van der Waals surface area contributed by atoms with Crippen LogP contribution in [-0.4, -0.2) is 21.9 Å². The minimum Gasteiger partial charge on any atom is -0.478 e. The van der Waals surface area contributed by atoms with Crippen molar-refractivity contribution in [2.24, 2.45) is 0 Å². The fraction of sp³-hybridized carbons (Fsp3) is 0. The molecule has 0 unspecified atom stereocenters. The molecule has 0 aliphatic heterocycles. The molecule has 0 aliphatic rings. The number of nitro benzene ring substituents is 1. The average Bonchev–Trinajstić information content (AvgIpc) is 3.21. The molecule has 0 saturated heterocycles. The Morgan fingerprint density at radius 3 is 2.50 bits per heavy atom. The van der Waals surface area contributed by atoms with Gasteiger partial charge in [-0.25, -0.2) is 4.79 Å². The van der Waals surface area contributed by atoms with Crippen LogP contribution in [0.1, 0.15) is 16.1 Å². The number of rotatable bonds is 6. The van der Waals surface area contributed by atoms with Crippen molar-refractivity contribution in [1.29, 1.82) is 5.26 Å². The van der Waals surface area contributed by atoms with E-state index in [1.165, 1.54) is 54.6 Å². The molecular weight excluding hydrogens is 390 g/mol. The molecule has 3 rings (SSSR count). The van der Waals surface area contributed by atoms with E-state index in [1.807, 2.05) is 0 Å². The van der Waals surface area contributed by atoms with Crippen LogP contribution in [-0.2, 0) is 4.79 Å². The molecule has 0 bridgehead atoms. The Morgan fingerprint density at radius 1 is 1.13 bits per heavy atom. The van der Waals surface area contributed by atoms with Gasteiger partial charge in [0.05, 0.1) is 10.5 Å². The fourth-order valence-corrected chi connectivity index (χ4v) is 2.54. The van der Waals surface area contributed by atoms with Gasteiger partial charge in [0.15, 0.2) is 0 Å². The van der Waals surface area contributed by atoms with E-state index in [4.69, 9.17) is 9.52 Å². The number of nitrogens with one attached hydrogen (secondary N) is 1. The van der Waals surface area contributed by atoms with Crippen LogP contribution in [0.25, 0.3) is 17.4 Å². The van der Waals surface area contributed by atoms with Crippen molar-refractivity contribution in [3.63, 3.8) is 0 Å². The predicted octanol–water partition coefficient (Wildman–Crippen LogP) is 4.10. The number of nitro groups is 1. The predicted molar refractivity (Wildman–Crippen MR) is 106 cm³/mol. The van der Waals surface area contributed by atoms with Gasteiger partial charge < -0.3 is 14.8 Å². The molecule has 30 heavy (non-hydrogen) atoms. The summed E-state index contributed by atoms with van der Waals surface area (Å²) in [5, 5.41) is 31.6. The molecule has 148 valence electrons. The molecule has 0 fully saturated rings. The first kappa shape index (κ1) is 20.0. The van der Waals surface area contributed by atoms with Gasteiger partial charge in [0.25, 0.3) is 11.6 Å². The van der Waals surface area contributed by atoms with Gasteiger partial charge in [-0.05, 0) is 36.4 Å². The highest BCUT2D eigenvalue weighted by Crippen LogP contribution is 2.26. The second-order valence-corrected chi connectivity index (χ2v) is 6.02. The number of nitrogens with zero attached hydrogens (tertiary/aromatic N) is 2. The summed E-state index contributed by atoms with van der Waals surface area (Å²) in [6.45, 7) is 0. The third kappa shape index (κ3) is 4.58. The average molecular weight is 403 g/mol. The van der Waals surface area contributed by atoms with Gasteiger partial charge in [0.2, 0.25) is 0 Å². The standard InChI is InChI=1S/C21H13N3O6/c22-12-15(20(25)23-16-6-4-13(5-7-16)21(26)27)11-18-8-9-19(30-18)14-2-1-3-17(10-14)24(28)29/h1-11H,(H,23,25)(H,26,27)/b15-11+. The summed E-state index contributed by atoms with van der Waals surface area (Å²) in [6.07, 6.45) is 1.24. The van der Waals surface area contributed by atoms with Crippen LogP contribution in [0, 0.1) is 21.4 Å². The van der Waals surface area contributed by atoms with E-state index in [-0.39, 0.29) is 22.6 Å². The molecule has 9 heteroatoms. The lowest BCUT2D eigenvalue weighted by atomic mass is 10.1. The quantitative estimate of drug-likeness (QED) is 0.272. The van der Waals surface area contributed by atoms with Gasteiger partial charge in [0.1, 0.15) is 23.2 Å².